The molecule has 1 N–H and O–H groups in total. The van der Waals surface area contributed by atoms with Crippen LogP contribution >= 0.6 is 23.2 Å². The van der Waals surface area contributed by atoms with Crippen molar-refractivity contribution < 1.29 is 9.84 Å². The summed E-state index contributed by atoms with van der Waals surface area (Å²) >= 11 is 11.5. The Morgan fingerprint density at radius 2 is 2.36 bits per heavy atom. The maximum Gasteiger partial charge on any atom is 0.132 e. The molecule has 0 amide bonds. The molecule has 0 aromatic carbocycles. The Bertz CT molecular complexity index is 220. The molecular weight excluding hydrogens is 187 g/mol. The molecule has 0 fully saturated rings. The lowest BCUT2D eigenvalue weighted by molar-refractivity contribution is 0.267. The average Bonchev–Trinajstić information content (AvgIpc) is 1.85. The van der Waals surface area contributed by atoms with E-state index in [1.165, 1.54) is 13.2 Å². The van der Waals surface area contributed by atoms with Crippen molar-refractivity contribution in [2.45, 2.75) is 11.8 Å². The van der Waals surface area contributed by atoms with Crippen LogP contribution in [0.2, 0.25) is 0 Å². The van der Waals surface area contributed by atoms with Crippen molar-refractivity contribution in [3.8, 4) is 0 Å². The zero-order valence-electron chi connectivity index (χ0n) is 5.97. The number of aliphatic hydroxyl groups excluding tert-OH is 1. The van der Waals surface area contributed by atoms with Gasteiger partial charge in [0.1, 0.15) is 5.76 Å². The van der Waals surface area contributed by atoms with E-state index < -0.39 is 0 Å². The molecule has 0 radical (unpaired) electrons. The fourth-order valence-corrected chi connectivity index (χ4v) is 1.68. The number of methoxy groups -OCH3 is 1. The van der Waals surface area contributed by atoms with E-state index in [0.29, 0.717) is 17.2 Å². The van der Waals surface area contributed by atoms with Crippen LogP contribution in [0.1, 0.15) is 6.42 Å². The normalized spacial score (nSPS) is 25.0. The number of halogens is 2. The molecule has 1 aliphatic rings. The molecule has 11 heavy (non-hydrogen) atoms. The minimum atomic E-state index is -0.350. The Kier molecular flexibility index (Phi) is 2.68. The van der Waals surface area contributed by atoms with Crippen LogP contribution in [-0.2, 0) is 4.74 Å². The molecule has 0 saturated carbocycles. The van der Waals surface area contributed by atoms with Crippen LogP contribution in [0.5, 0.6) is 0 Å². The number of hydrogen-bond acceptors (Lipinski definition) is 2. The van der Waals surface area contributed by atoms with Gasteiger partial charge >= 0.3 is 0 Å². The summed E-state index contributed by atoms with van der Waals surface area (Å²) in [5.74, 6) is 0.710. The van der Waals surface area contributed by atoms with E-state index in [-0.39, 0.29) is 11.1 Å². The van der Waals surface area contributed by atoms with Crippen LogP contribution in [0.25, 0.3) is 0 Å². The third kappa shape index (κ3) is 1.82. The topological polar surface area (TPSA) is 29.5 Å². The molecule has 0 spiro atoms. The zero-order valence-corrected chi connectivity index (χ0v) is 7.49. The summed E-state index contributed by atoms with van der Waals surface area (Å²) in [7, 11) is 1.50. The van der Waals surface area contributed by atoms with Gasteiger partial charge in [-0.2, -0.15) is 0 Å². The van der Waals surface area contributed by atoms with E-state index in [9.17, 15) is 0 Å². The first-order valence-electron chi connectivity index (χ1n) is 3.12. The van der Waals surface area contributed by atoms with Gasteiger partial charge in [-0.1, -0.05) is 11.6 Å². The molecule has 1 atom stereocenters. The highest BCUT2D eigenvalue weighted by Gasteiger charge is 2.21. The first-order chi connectivity index (χ1) is 5.15. The molecule has 1 unspecified atom stereocenters. The molecule has 0 bridgehead atoms. The van der Waals surface area contributed by atoms with Gasteiger partial charge in [-0.3, -0.25) is 0 Å². The standard InChI is InChI=1S/C7H8Cl2O2/c1-11-7-5(8)2-4(10)3-6(7)9/h2,6,10H,3H2,1H3. The van der Waals surface area contributed by atoms with Crippen molar-refractivity contribution in [3.05, 3.63) is 22.6 Å². The molecule has 0 heterocycles. The second kappa shape index (κ2) is 3.37. The van der Waals surface area contributed by atoms with Gasteiger partial charge < -0.3 is 9.84 Å². The molecule has 0 aromatic rings. The van der Waals surface area contributed by atoms with Crippen LogP contribution in [0.4, 0.5) is 0 Å². The molecular formula is C7H8Cl2O2. The Hall–Kier alpha value is -0.340. The highest BCUT2D eigenvalue weighted by atomic mass is 35.5. The quantitative estimate of drug-likeness (QED) is 0.651. The van der Waals surface area contributed by atoms with Crippen LogP contribution in [0.3, 0.4) is 0 Å². The van der Waals surface area contributed by atoms with Gasteiger partial charge in [0.2, 0.25) is 0 Å². The lowest BCUT2D eigenvalue weighted by Crippen LogP contribution is -2.11. The molecule has 62 valence electrons. The van der Waals surface area contributed by atoms with Gasteiger partial charge in [-0.25, -0.2) is 0 Å². The van der Waals surface area contributed by atoms with E-state index >= 15 is 0 Å². The second-order valence-corrected chi connectivity index (χ2v) is 3.16. The van der Waals surface area contributed by atoms with Crippen molar-refractivity contribution in [2.75, 3.05) is 7.11 Å². The minimum absolute atomic E-state index is 0.191. The number of ether oxygens (including phenoxy) is 1. The maximum atomic E-state index is 9.07. The molecule has 1 aliphatic carbocycles. The van der Waals surface area contributed by atoms with E-state index in [0.717, 1.165) is 0 Å². The van der Waals surface area contributed by atoms with Gasteiger partial charge in [0, 0.05) is 6.42 Å². The summed E-state index contributed by atoms with van der Waals surface area (Å²) in [5, 5.41) is 9.09. The number of hydrogen-bond donors (Lipinski definition) is 1. The highest BCUT2D eigenvalue weighted by molar-refractivity contribution is 6.33. The van der Waals surface area contributed by atoms with E-state index in [1.54, 1.807) is 0 Å². The number of rotatable bonds is 1. The third-order valence-corrected chi connectivity index (χ3v) is 2.07. The lowest BCUT2D eigenvalue weighted by atomic mass is 10.1. The molecule has 1 rings (SSSR count). The fourth-order valence-electron chi connectivity index (χ4n) is 0.928. The Morgan fingerprint density at radius 3 is 2.82 bits per heavy atom. The van der Waals surface area contributed by atoms with Gasteiger partial charge in [-0.05, 0) is 6.08 Å². The van der Waals surface area contributed by atoms with Gasteiger partial charge in [0.25, 0.3) is 0 Å². The third-order valence-electron chi connectivity index (χ3n) is 1.42. The predicted octanol–water partition coefficient (Wildman–Crippen LogP) is 2.54. The average molecular weight is 195 g/mol. The number of alkyl halides is 1. The summed E-state index contributed by atoms with van der Waals surface area (Å²) < 4.78 is 4.92. The van der Waals surface area contributed by atoms with Gasteiger partial charge in [0.05, 0.1) is 23.3 Å². The van der Waals surface area contributed by atoms with Crippen molar-refractivity contribution in [2.24, 2.45) is 0 Å². The number of allylic oxidation sites excluding steroid dienone is 4. The van der Waals surface area contributed by atoms with Crippen molar-refractivity contribution in [3.63, 3.8) is 0 Å². The van der Waals surface area contributed by atoms with Gasteiger partial charge in [0.15, 0.2) is 0 Å². The van der Waals surface area contributed by atoms with Crippen LogP contribution in [0, 0.1) is 0 Å². The van der Waals surface area contributed by atoms with Crippen LogP contribution < -0.4 is 0 Å². The summed E-state index contributed by atoms with van der Waals surface area (Å²) in [6.45, 7) is 0. The van der Waals surface area contributed by atoms with Crippen molar-refractivity contribution in [1.29, 1.82) is 0 Å². The Morgan fingerprint density at radius 1 is 1.73 bits per heavy atom. The molecule has 4 heteroatoms. The summed E-state index contributed by atoms with van der Waals surface area (Å²) in [4.78, 5) is 0. The first-order valence-corrected chi connectivity index (χ1v) is 3.94. The van der Waals surface area contributed by atoms with Crippen molar-refractivity contribution >= 4 is 23.2 Å². The minimum Gasteiger partial charge on any atom is -0.512 e. The van der Waals surface area contributed by atoms with Gasteiger partial charge in [-0.15, -0.1) is 11.6 Å². The molecule has 0 aliphatic heterocycles. The van der Waals surface area contributed by atoms with E-state index in [1.807, 2.05) is 0 Å². The lowest BCUT2D eigenvalue weighted by Gasteiger charge is -2.17. The van der Waals surface area contributed by atoms with E-state index in [4.69, 9.17) is 33.0 Å². The molecule has 0 saturated heterocycles. The fraction of sp³-hybridized carbons (Fsp3) is 0.429. The van der Waals surface area contributed by atoms with Crippen LogP contribution in [0.15, 0.2) is 22.6 Å². The second-order valence-electron chi connectivity index (χ2n) is 2.22. The molecule has 2 nitrogen and oxygen atoms in total. The summed E-state index contributed by atoms with van der Waals surface area (Å²) in [6, 6.07) is 0. The van der Waals surface area contributed by atoms with Crippen molar-refractivity contribution in [1.82, 2.24) is 0 Å². The number of aliphatic hydroxyl groups is 1. The first kappa shape index (κ1) is 8.75. The Balaban J connectivity index is 2.92. The summed E-state index contributed by atoms with van der Waals surface area (Å²) in [6.07, 6.45) is 1.82. The zero-order chi connectivity index (χ0) is 8.43. The predicted molar refractivity (Wildman–Crippen MR) is 44.9 cm³/mol. The smallest absolute Gasteiger partial charge is 0.132 e. The Labute approximate surface area is 75.1 Å². The molecule has 0 aromatic heterocycles. The van der Waals surface area contributed by atoms with E-state index in [2.05, 4.69) is 0 Å². The maximum absolute atomic E-state index is 9.07. The largest absolute Gasteiger partial charge is 0.512 e. The SMILES string of the molecule is COC1=C(Cl)C=C(O)CC1Cl. The summed E-state index contributed by atoms with van der Waals surface area (Å²) in [5.41, 5.74) is 0. The monoisotopic (exact) mass is 194 g/mol. The highest BCUT2D eigenvalue weighted by Crippen LogP contribution is 2.29. The van der Waals surface area contributed by atoms with Crippen LogP contribution in [-0.4, -0.2) is 17.6 Å².